The van der Waals surface area contributed by atoms with Gasteiger partial charge in [0.05, 0.1) is 11.8 Å². The summed E-state index contributed by atoms with van der Waals surface area (Å²) in [5.41, 5.74) is 0.647. The molecule has 2 aliphatic heterocycles. The van der Waals surface area contributed by atoms with Gasteiger partial charge >= 0.3 is 0 Å². The van der Waals surface area contributed by atoms with Crippen LogP contribution in [0.5, 0.6) is 0 Å². The van der Waals surface area contributed by atoms with Crippen molar-refractivity contribution in [1.82, 2.24) is 5.01 Å². The summed E-state index contributed by atoms with van der Waals surface area (Å²) in [6, 6.07) is 4.01. The first-order valence-electron chi connectivity index (χ1n) is 6.64. The van der Waals surface area contributed by atoms with Crippen molar-refractivity contribution in [2.45, 2.75) is 32.9 Å². The van der Waals surface area contributed by atoms with Gasteiger partial charge in [0.2, 0.25) is 5.96 Å². The molecule has 2 aliphatic rings. The normalized spacial score (nSPS) is 19.4. The van der Waals surface area contributed by atoms with Crippen molar-refractivity contribution >= 4 is 24.3 Å². The fraction of sp³-hybridized carbons (Fsp3) is 0.357. The van der Waals surface area contributed by atoms with Gasteiger partial charge in [-0.1, -0.05) is 0 Å². The van der Waals surface area contributed by atoms with E-state index in [1.165, 1.54) is 0 Å². The lowest BCUT2D eigenvalue weighted by atomic mass is 10.1. The third-order valence-corrected chi connectivity index (χ3v) is 3.10. The first kappa shape index (κ1) is 12.7. The number of fused-ring (bicyclic) bond motifs is 1. The van der Waals surface area contributed by atoms with Crippen LogP contribution in [0.1, 0.15) is 26.3 Å². The zero-order valence-electron chi connectivity index (χ0n) is 11.9. The molecule has 20 heavy (non-hydrogen) atoms. The van der Waals surface area contributed by atoms with Crippen LogP contribution in [0, 0.1) is 0 Å². The molecule has 3 heterocycles. The minimum atomic E-state index is -0.326. The average molecular weight is 269 g/mol. The number of hydrogen-bond acceptors (Lipinski definition) is 5. The number of aryl methyl sites for hydroxylation is 1. The Labute approximate surface area is 117 Å². The van der Waals surface area contributed by atoms with Gasteiger partial charge in [0.25, 0.3) is 0 Å². The van der Waals surface area contributed by atoms with Crippen LogP contribution in [-0.4, -0.2) is 34.9 Å². The van der Waals surface area contributed by atoms with Gasteiger partial charge in [-0.15, -0.1) is 0 Å². The topological polar surface area (TPSA) is 56.6 Å². The minimum absolute atomic E-state index is 0.326. The summed E-state index contributed by atoms with van der Waals surface area (Å²) in [6.07, 6.45) is 7.47. The molecular weight excluding hydrogens is 252 g/mol. The Kier molecular flexibility index (Phi) is 2.93. The van der Waals surface area contributed by atoms with Crippen molar-refractivity contribution in [3.05, 3.63) is 30.1 Å². The Hall–Kier alpha value is -2.37. The third kappa shape index (κ3) is 2.36. The molecule has 6 heteroatoms. The van der Waals surface area contributed by atoms with Crippen molar-refractivity contribution in [2.75, 3.05) is 0 Å². The highest BCUT2D eigenvalue weighted by Crippen LogP contribution is 2.16. The lowest BCUT2D eigenvalue weighted by Gasteiger charge is -2.26. The van der Waals surface area contributed by atoms with Crippen LogP contribution < -0.4 is 4.57 Å². The standard InChI is InChI=1S/C14H17N6/c1-4-19-7-5-11(6-8-19)12-15-10-20-13(17-12)18-14(2,3)9-16-20/h5-10H,4H2,1-3H3/q+1. The summed E-state index contributed by atoms with van der Waals surface area (Å²) in [6.45, 7) is 7.03. The maximum Gasteiger partial charge on any atom is 0.250 e. The summed E-state index contributed by atoms with van der Waals surface area (Å²) in [5.74, 6) is 1.24. The van der Waals surface area contributed by atoms with Gasteiger partial charge in [-0.25, -0.2) is 14.6 Å². The van der Waals surface area contributed by atoms with E-state index in [-0.39, 0.29) is 5.54 Å². The number of amidine groups is 1. The minimum Gasteiger partial charge on any atom is -0.237 e. The van der Waals surface area contributed by atoms with Crippen molar-refractivity contribution < 1.29 is 4.57 Å². The van der Waals surface area contributed by atoms with E-state index in [9.17, 15) is 0 Å². The Morgan fingerprint density at radius 3 is 2.70 bits per heavy atom. The van der Waals surface area contributed by atoms with Crippen molar-refractivity contribution in [3.8, 4) is 0 Å². The van der Waals surface area contributed by atoms with Gasteiger partial charge in [0, 0.05) is 17.7 Å². The summed E-state index contributed by atoms with van der Waals surface area (Å²) in [7, 11) is 0. The van der Waals surface area contributed by atoms with Crippen LogP contribution >= 0.6 is 0 Å². The number of hydrazone groups is 1. The highest BCUT2D eigenvalue weighted by molar-refractivity contribution is 6.14. The highest BCUT2D eigenvalue weighted by atomic mass is 15.5. The molecule has 0 saturated carbocycles. The van der Waals surface area contributed by atoms with Crippen LogP contribution in [0.4, 0.5) is 0 Å². The predicted octanol–water partition coefficient (Wildman–Crippen LogP) is 1.22. The molecule has 102 valence electrons. The molecule has 0 saturated heterocycles. The molecule has 0 fully saturated rings. The quantitative estimate of drug-likeness (QED) is 0.745. The molecule has 1 aromatic rings. The van der Waals surface area contributed by atoms with Crippen molar-refractivity contribution in [3.63, 3.8) is 0 Å². The van der Waals surface area contributed by atoms with Crippen LogP contribution in [0.15, 0.2) is 44.6 Å². The number of nitrogens with zero attached hydrogens (tertiary/aromatic N) is 6. The van der Waals surface area contributed by atoms with E-state index < -0.39 is 0 Å². The van der Waals surface area contributed by atoms with Crippen LogP contribution in [-0.2, 0) is 6.54 Å². The third-order valence-electron chi connectivity index (χ3n) is 3.10. The lowest BCUT2D eigenvalue weighted by Crippen LogP contribution is -2.37. The maximum absolute atomic E-state index is 4.55. The molecule has 0 radical (unpaired) electrons. The molecule has 0 spiro atoms. The fourth-order valence-corrected chi connectivity index (χ4v) is 1.94. The zero-order chi connectivity index (χ0) is 14.2. The monoisotopic (exact) mass is 269 g/mol. The molecule has 0 amide bonds. The van der Waals surface area contributed by atoms with E-state index >= 15 is 0 Å². The number of aromatic nitrogens is 1. The van der Waals surface area contributed by atoms with E-state index in [1.54, 1.807) is 17.6 Å². The molecule has 0 atom stereocenters. The maximum atomic E-state index is 4.55. The number of rotatable bonds is 2. The summed E-state index contributed by atoms with van der Waals surface area (Å²) in [4.78, 5) is 13.4. The van der Waals surface area contributed by atoms with E-state index in [2.05, 4.69) is 31.6 Å². The molecule has 0 bridgehead atoms. The van der Waals surface area contributed by atoms with E-state index in [0.29, 0.717) is 11.8 Å². The molecule has 0 unspecified atom stereocenters. The number of aliphatic imine (C=N–C) groups is 3. The second-order valence-electron chi connectivity index (χ2n) is 5.25. The smallest absolute Gasteiger partial charge is 0.237 e. The second-order valence-corrected chi connectivity index (χ2v) is 5.25. The predicted molar refractivity (Wildman–Crippen MR) is 79.2 cm³/mol. The molecule has 3 rings (SSSR count). The number of guanidine groups is 1. The Morgan fingerprint density at radius 1 is 1.25 bits per heavy atom. The van der Waals surface area contributed by atoms with Gasteiger partial charge in [-0.2, -0.15) is 15.1 Å². The van der Waals surface area contributed by atoms with Crippen LogP contribution in [0.2, 0.25) is 0 Å². The molecule has 0 aromatic carbocycles. The fourth-order valence-electron chi connectivity index (χ4n) is 1.94. The van der Waals surface area contributed by atoms with Gasteiger partial charge in [0.1, 0.15) is 12.9 Å². The van der Waals surface area contributed by atoms with Crippen LogP contribution in [0.25, 0.3) is 0 Å². The summed E-state index contributed by atoms with van der Waals surface area (Å²) >= 11 is 0. The first-order chi connectivity index (χ1) is 9.57. The lowest BCUT2D eigenvalue weighted by molar-refractivity contribution is -0.693. The van der Waals surface area contributed by atoms with Gasteiger partial charge in [0.15, 0.2) is 18.2 Å². The van der Waals surface area contributed by atoms with Crippen LogP contribution in [0.3, 0.4) is 0 Å². The Bertz CT molecular complexity index is 636. The van der Waals surface area contributed by atoms with Crippen molar-refractivity contribution in [1.29, 1.82) is 0 Å². The number of pyridine rings is 1. The van der Waals surface area contributed by atoms with E-state index in [0.717, 1.165) is 12.1 Å². The largest absolute Gasteiger partial charge is 0.250 e. The summed E-state index contributed by atoms with van der Waals surface area (Å²) in [5, 5.41) is 5.86. The summed E-state index contributed by atoms with van der Waals surface area (Å²) < 4.78 is 2.09. The zero-order valence-corrected chi connectivity index (χ0v) is 11.9. The van der Waals surface area contributed by atoms with Gasteiger partial charge in [-0.3, -0.25) is 0 Å². The first-order valence-corrected chi connectivity index (χ1v) is 6.64. The van der Waals surface area contributed by atoms with Gasteiger partial charge in [-0.05, 0) is 20.8 Å². The highest BCUT2D eigenvalue weighted by Gasteiger charge is 2.25. The number of hydrogen-bond donors (Lipinski definition) is 0. The SMILES string of the molecule is CC[n+]1ccc(C2=NC3=NC(C)(C)C=NN3C=N2)cc1. The Morgan fingerprint density at radius 2 is 2.00 bits per heavy atom. The Balaban J connectivity index is 1.93. The van der Waals surface area contributed by atoms with E-state index in [1.807, 2.05) is 38.4 Å². The second kappa shape index (κ2) is 4.63. The van der Waals surface area contributed by atoms with E-state index in [4.69, 9.17) is 0 Å². The molecule has 1 aromatic heterocycles. The van der Waals surface area contributed by atoms with Crippen molar-refractivity contribution in [2.24, 2.45) is 20.1 Å². The molecule has 6 nitrogen and oxygen atoms in total. The average Bonchev–Trinajstić information content (AvgIpc) is 2.45. The molecule has 0 aliphatic carbocycles. The molecular formula is C14H17N6+. The van der Waals surface area contributed by atoms with Gasteiger partial charge < -0.3 is 0 Å². The molecule has 0 N–H and O–H groups in total.